The van der Waals surface area contributed by atoms with Crippen molar-refractivity contribution in [2.45, 2.75) is 39.3 Å². The van der Waals surface area contributed by atoms with Crippen LogP contribution in [0.1, 0.15) is 59.9 Å². The fourth-order valence-corrected chi connectivity index (χ4v) is 2.26. The Kier molecular flexibility index (Phi) is 5.28. The molecule has 0 aliphatic carbocycles. The van der Waals surface area contributed by atoms with E-state index in [0.29, 0.717) is 23.7 Å². The van der Waals surface area contributed by atoms with Crippen molar-refractivity contribution >= 4 is 5.91 Å². The summed E-state index contributed by atoms with van der Waals surface area (Å²) in [5.41, 5.74) is 9.23. The molecule has 0 radical (unpaired) electrons. The minimum atomic E-state index is -0.113. The molecular weight excluding hydrogens is 274 g/mol. The molecule has 0 saturated carbocycles. The standard InChI is InChI=1S/C18H23N3O/c1-12(2)14-4-6-15(7-5-14)13(3)21-18(22)16-8-9-20-17(10-16)11-19/h4-10,12-13H,11,19H2,1-3H3,(H,21,22). The van der Waals surface area contributed by atoms with Gasteiger partial charge in [-0.3, -0.25) is 9.78 Å². The molecule has 4 nitrogen and oxygen atoms in total. The highest BCUT2D eigenvalue weighted by atomic mass is 16.1. The number of rotatable bonds is 5. The smallest absolute Gasteiger partial charge is 0.251 e. The number of pyridine rings is 1. The molecule has 22 heavy (non-hydrogen) atoms. The Morgan fingerprint density at radius 2 is 1.77 bits per heavy atom. The van der Waals surface area contributed by atoms with Crippen LogP contribution in [0.15, 0.2) is 42.6 Å². The third kappa shape index (κ3) is 3.92. The maximum absolute atomic E-state index is 12.3. The van der Waals surface area contributed by atoms with Crippen molar-refractivity contribution in [2.24, 2.45) is 5.73 Å². The highest BCUT2D eigenvalue weighted by Gasteiger charge is 2.12. The summed E-state index contributed by atoms with van der Waals surface area (Å²) in [6.45, 7) is 6.64. The average molecular weight is 297 g/mol. The number of nitrogens with two attached hydrogens (primary N) is 1. The number of hydrogen-bond donors (Lipinski definition) is 2. The van der Waals surface area contributed by atoms with Crippen LogP contribution >= 0.6 is 0 Å². The number of carbonyl (C=O) groups is 1. The van der Waals surface area contributed by atoms with Crippen molar-refractivity contribution in [3.8, 4) is 0 Å². The van der Waals surface area contributed by atoms with E-state index < -0.39 is 0 Å². The zero-order chi connectivity index (χ0) is 16.1. The minimum absolute atomic E-state index is 0.0526. The molecule has 4 heteroatoms. The van der Waals surface area contributed by atoms with Gasteiger partial charge in [0, 0.05) is 18.3 Å². The third-order valence-corrected chi connectivity index (χ3v) is 3.74. The van der Waals surface area contributed by atoms with Gasteiger partial charge in [0.1, 0.15) is 0 Å². The first kappa shape index (κ1) is 16.2. The summed E-state index contributed by atoms with van der Waals surface area (Å²) in [5.74, 6) is 0.392. The Morgan fingerprint density at radius 3 is 2.36 bits per heavy atom. The highest BCUT2D eigenvalue weighted by Crippen LogP contribution is 2.19. The lowest BCUT2D eigenvalue weighted by Crippen LogP contribution is -2.26. The Balaban J connectivity index is 2.07. The minimum Gasteiger partial charge on any atom is -0.346 e. The number of nitrogens with one attached hydrogen (secondary N) is 1. The van der Waals surface area contributed by atoms with Gasteiger partial charge >= 0.3 is 0 Å². The molecule has 1 atom stereocenters. The second kappa shape index (κ2) is 7.18. The van der Waals surface area contributed by atoms with Crippen LogP contribution in [0.25, 0.3) is 0 Å². The molecule has 1 heterocycles. The van der Waals surface area contributed by atoms with Crippen LogP contribution in [-0.2, 0) is 6.54 Å². The number of benzene rings is 1. The Morgan fingerprint density at radius 1 is 1.14 bits per heavy atom. The fraction of sp³-hybridized carbons (Fsp3) is 0.333. The van der Waals surface area contributed by atoms with Crippen LogP contribution in [0, 0.1) is 0 Å². The first-order chi connectivity index (χ1) is 10.5. The molecule has 1 aromatic heterocycles. The molecule has 0 aliphatic rings. The molecule has 0 bridgehead atoms. The molecule has 3 N–H and O–H groups in total. The van der Waals surface area contributed by atoms with Crippen LogP contribution in [0.2, 0.25) is 0 Å². The predicted octanol–water partition coefficient (Wildman–Crippen LogP) is 3.15. The molecule has 0 saturated heterocycles. The van der Waals surface area contributed by atoms with Crippen LogP contribution in [-0.4, -0.2) is 10.9 Å². The van der Waals surface area contributed by atoms with Crippen molar-refractivity contribution in [3.05, 3.63) is 65.0 Å². The lowest BCUT2D eigenvalue weighted by atomic mass is 9.99. The summed E-state index contributed by atoms with van der Waals surface area (Å²) in [6.07, 6.45) is 1.61. The van der Waals surface area contributed by atoms with Crippen molar-refractivity contribution < 1.29 is 4.79 Å². The molecule has 2 rings (SSSR count). The topological polar surface area (TPSA) is 68.0 Å². The zero-order valence-electron chi connectivity index (χ0n) is 13.3. The highest BCUT2D eigenvalue weighted by molar-refractivity contribution is 5.94. The second-order valence-corrected chi connectivity index (χ2v) is 5.76. The lowest BCUT2D eigenvalue weighted by molar-refractivity contribution is 0.0939. The molecule has 0 spiro atoms. The quantitative estimate of drug-likeness (QED) is 0.890. The second-order valence-electron chi connectivity index (χ2n) is 5.76. The number of amides is 1. The van der Waals surface area contributed by atoms with Gasteiger partial charge in [-0.1, -0.05) is 38.1 Å². The van der Waals surface area contributed by atoms with E-state index >= 15 is 0 Å². The van der Waals surface area contributed by atoms with Gasteiger partial charge in [0.05, 0.1) is 11.7 Å². The number of hydrogen-bond acceptors (Lipinski definition) is 3. The first-order valence-corrected chi connectivity index (χ1v) is 7.57. The molecule has 1 unspecified atom stereocenters. The van der Waals surface area contributed by atoms with Crippen LogP contribution in [0.4, 0.5) is 0 Å². The normalized spacial score (nSPS) is 12.2. The van der Waals surface area contributed by atoms with E-state index in [2.05, 4.69) is 48.4 Å². The number of nitrogens with zero attached hydrogens (tertiary/aromatic N) is 1. The summed E-state index contributed by atoms with van der Waals surface area (Å²) in [4.78, 5) is 16.4. The van der Waals surface area contributed by atoms with E-state index in [9.17, 15) is 4.79 Å². The van der Waals surface area contributed by atoms with Gasteiger partial charge in [0.15, 0.2) is 0 Å². The van der Waals surface area contributed by atoms with Gasteiger partial charge in [-0.05, 0) is 36.1 Å². The monoisotopic (exact) mass is 297 g/mol. The molecule has 0 fully saturated rings. The van der Waals surface area contributed by atoms with Gasteiger partial charge in [-0.15, -0.1) is 0 Å². The van der Waals surface area contributed by atoms with Gasteiger partial charge in [0.2, 0.25) is 0 Å². The summed E-state index contributed by atoms with van der Waals surface area (Å²) in [7, 11) is 0. The summed E-state index contributed by atoms with van der Waals surface area (Å²) in [6, 6.07) is 11.7. The Labute approximate surface area is 131 Å². The zero-order valence-corrected chi connectivity index (χ0v) is 13.3. The van der Waals surface area contributed by atoms with Crippen molar-refractivity contribution in [1.29, 1.82) is 0 Å². The molecule has 116 valence electrons. The third-order valence-electron chi connectivity index (χ3n) is 3.74. The maximum atomic E-state index is 12.3. The van der Waals surface area contributed by atoms with Crippen molar-refractivity contribution in [2.75, 3.05) is 0 Å². The first-order valence-electron chi connectivity index (χ1n) is 7.57. The maximum Gasteiger partial charge on any atom is 0.251 e. The van der Waals surface area contributed by atoms with E-state index in [0.717, 1.165) is 5.56 Å². The Bertz CT molecular complexity index is 635. The average Bonchev–Trinajstić information content (AvgIpc) is 2.54. The van der Waals surface area contributed by atoms with Crippen molar-refractivity contribution in [3.63, 3.8) is 0 Å². The van der Waals surface area contributed by atoms with E-state index in [1.165, 1.54) is 5.56 Å². The van der Waals surface area contributed by atoms with Crippen molar-refractivity contribution in [1.82, 2.24) is 10.3 Å². The Hall–Kier alpha value is -2.20. The van der Waals surface area contributed by atoms with Gasteiger partial charge in [-0.25, -0.2) is 0 Å². The summed E-state index contributed by atoms with van der Waals surface area (Å²) in [5, 5.41) is 3.00. The van der Waals surface area contributed by atoms with Gasteiger partial charge in [-0.2, -0.15) is 0 Å². The molecule has 0 aliphatic heterocycles. The van der Waals surface area contributed by atoms with E-state index in [-0.39, 0.29) is 11.9 Å². The largest absolute Gasteiger partial charge is 0.346 e. The van der Waals surface area contributed by atoms with Crippen LogP contribution < -0.4 is 11.1 Å². The molecular formula is C18H23N3O. The molecule has 1 aromatic carbocycles. The van der Waals surface area contributed by atoms with E-state index in [1.807, 2.05) is 6.92 Å². The molecule has 1 amide bonds. The van der Waals surface area contributed by atoms with E-state index in [1.54, 1.807) is 18.3 Å². The predicted molar refractivity (Wildman–Crippen MR) is 88.5 cm³/mol. The van der Waals surface area contributed by atoms with Gasteiger partial charge < -0.3 is 11.1 Å². The number of carbonyl (C=O) groups excluding carboxylic acids is 1. The van der Waals surface area contributed by atoms with Gasteiger partial charge in [0.25, 0.3) is 5.91 Å². The lowest BCUT2D eigenvalue weighted by Gasteiger charge is -2.16. The molecule has 2 aromatic rings. The van der Waals surface area contributed by atoms with Crippen LogP contribution in [0.3, 0.4) is 0 Å². The number of aromatic nitrogens is 1. The SMILES string of the molecule is CC(C)c1ccc(C(C)NC(=O)c2ccnc(CN)c2)cc1. The van der Waals surface area contributed by atoms with Crippen LogP contribution in [0.5, 0.6) is 0 Å². The summed E-state index contributed by atoms with van der Waals surface area (Å²) < 4.78 is 0. The van der Waals surface area contributed by atoms with E-state index in [4.69, 9.17) is 5.73 Å². The fourth-order valence-electron chi connectivity index (χ4n) is 2.26. The summed E-state index contributed by atoms with van der Waals surface area (Å²) >= 11 is 0.